The summed E-state index contributed by atoms with van der Waals surface area (Å²) in [7, 11) is 0. The summed E-state index contributed by atoms with van der Waals surface area (Å²) in [5.41, 5.74) is 2.51. The predicted molar refractivity (Wildman–Crippen MR) is 127 cm³/mol. The monoisotopic (exact) mass is 424 g/mol. The molecule has 0 bridgehead atoms. The van der Waals surface area contributed by atoms with Crippen LogP contribution in [-0.2, 0) is 5.60 Å². The fraction of sp³-hybridized carbons (Fsp3) is 0.571. The molecule has 162 valence electrons. The quantitative estimate of drug-likeness (QED) is 0.477. The zero-order valence-electron chi connectivity index (χ0n) is 19.0. The van der Waals surface area contributed by atoms with Gasteiger partial charge in [-0.2, -0.15) is 0 Å². The molecule has 1 nitrogen and oxygen atoms in total. The number of aliphatic hydroxyl groups is 1. The highest BCUT2D eigenvalue weighted by Crippen LogP contribution is 2.57. The van der Waals surface area contributed by atoms with Crippen LogP contribution in [0.15, 0.2) is 54.6 Å². The van der Waals surface area contributed by atoms with Crippen LogP contribution in [0.3, 0.4) is 0 Å². The molecule has 0 amide bonds. The summed E-state index contributed by atoms with van der Waals surface area (Å²) in [5.74, 6) is 2.16. The Labute approximate surface area is 187 Å². The van der Waals surface area contributed by atoms with Crippen LogP contribution in [0.25, 0.3) is 0 Å². The summed E-state index contributed by atoms with van der Waals surface area (Å²) in [6.45, 7) is 9.75. The maximum atomic E-state index is 11.1. The van der Waals surface area contributed by atoms with E-state index in [1.807, 2.05) is 24.3 Å². The lowest BCUT2D eigenvalue weighted by molar-refractivity contribution is -0.120. The second kappa shape index (κ2) is 7.99. The molecule has 2 heteroatoms. The van der Waals surface area contributed by atoms with E-state index in [9.17, 15) is 5.11 Å². The molecule has 0 radical (unpaired) electrons. The molecule has 2 aliphatic rings. The number of rotatable bonds is 7. The van der Waals surface area contributed by atoms with Crippen molar-refractivity contribution in [3.63, 3.8) is 0 Å². The molecule has 0 unspecified atom stereocenters. The smallest absolute Gasteiger partial charge is 0.0902 e. The van der Waals surface area contributed by atoms with E-state index in [0.717, 1.165) is 35.3 Å². The molecule has 0 heterocycles. The third kappa shape index (κ3) is 4.34. The highest BCUT2D eigenvalue weighted by molar-refractivity contribution is 6.30. The van der Waals surface area contributed by atoms with Gasteiger partial charge in [-0.15, -0.1) is 0 Å². The van der Waals surface area contributed by atoms with E-state index < -0.39 is 5.60 Å². The summed E-state index contributed by atoms with van der Waals surface area (Å²) in [6.07, 6.45) is 6.88. The van der Waals surface area contributed by atoms with E-state index >= 15 is 0 Å². The normalized spacial score (nSPS) is 29.2. The Morgan fingerprint density at radius 1 is 0.833 bits per heavy atom. The van der Waals surface area contributed by atoms with Gasteiger partial charge >= 0.3 is 0 Å². The second-order valence-electron chi connectivity index (χ2n) is 11.4. The summed E-state index contributed by atoms with van der Waals surface area (Å²) < 4.78 is 0. The third-order valence-corrected chi connectivity index (χ3v) is 8.83. The fourth-order valence-electron chi connectivity index (χ4n) is 5.61. The van der Waals surface area contributed by atoms with Crippen LogP contribution < -0.4 is 0 Å². The molecule has 4 rings (SSSR count). The van der Waals surface area contributed by atoms with Crippen LogP contribution in [0.4, 0.5) is 0 Å². The number of halogens is 1. The van der Waals surface area contributed by atoms with Gasteiger partial charge in [-0.25, -0.2) is 0 Å². The van der Waals surface area contributed by atoms with Gasteiger partial charge in [-0.1, -0.05) is 81.8 Å². The first-order valence-electron chi connectivity index (χ1n) is 11.6. The summed E-state index contributed by atoms with van der Waals surface area (Å²) in [5, 5.41) is 11.8. The maximum Gasteiger partial charge on any atom is 0.0902 e. The van der Waals surface area contributed by atoms with Crippen LogP contribution in [0.5, 0.6) is 0 Å². The SMILES string of the molecule is CC(C)(CCC(C)(C)C1CC(O)(c2ccc(Cl)cc2)C1)C1CC(c2ccccc2)C1. The predicted octanol–water partition coefficient (Wildman–Crippen LogP) is 7.96. The summed E-state index contributed by atoms with van der Waals surface area (Å²) >= 11 is 6.01. The first-order valence-corrected chi connectivity index (χ1v) is 12.0. The average Bonchev–Trinajstić information content (AvgIpc) is 2.64. The van der Waals surface area contributed by atoms with Gasteiger partial charge in [0.25, 0.3) is 0 Å². The van der Waals surface area contributed by atoms with Gasteiger partial charge < -0.3 is 5.11 Å². The van der Waals surface area contributed by atoms with Crippen molar-refractivity contribution in [3.05, 3.63) is 70.7 Å². The van der Waals surface area contributed by atoms with Crippen molar-refractivity contribution in [2.75, 3.05) is 0 Å². The van der Waals surface area contributed by atoms with E-state index in [1.54, 1.807) is 0 Å². The third-order valence-electron chi connectivity index (χ3n) is 8.58. The topological polar surface area (TPSA) is 20.2 Å². The van der Waals surface area contributed by atoms with E-state index in [1.165, 1.54) is 31.2 Å². The van der Waals surface area contributed by atoms with Gasteiger partial charge in [0.05, 0.1) is 5.60 Å². The van der Waals surface area contributed by atoms with Gasteiger partial charge in [0, 0.05) is 5.02 Å². The van der Waals surface area contributed by atoms with E-state index in [0.29, 0.717) is 11.3 Å². The molecule has 2 saturated carbocycles. The minimum absolute atomic E-state index is 0.262. The van der Waals surface area contributed by atoms with Crippen molar-refractivity contribution < 1.29 is 5.11 Å². The molecule has 0 aromatic heterocycles. The van der Waals surface area contributed by atoms with E-state index in [2.05, 4.69) is 58.0 Å². The minimum atomic E-state index is -0.668. The highest BCUT2D eigenvalue weighted by Gasteiger charge is 2.50. The molecular weight excluding hydrogens is 388 g/mol. The van der Waals surface area contributed by atoms with E-state index in [-0.39, 0.29) is 5.41 Å². The highest BCUT2D eigenvalue weighted by atomic mass is 35.5. The first-order chi connectivity index (χ1) is 14.1. The molecule has 0 spiro atoms. The molecule has 2 aliphatic carbocycles. The van der Waals surface area contributed by atoms with Crippen molar-refractivity contribution >= 4 is 11.6 Å². The van der Waals surface area contributed by atoms with Crippen molar-refractivity contribution in [3.8, 4) is 0 Å². The molecule has 0 saturated heterocycles. The molecule has 30 heavy (non-hydrogen) atoms. The molecular formula is C28H37ClO. The first kappa shape index (κ1) is 21.9. The average molecular weight is 425 g/mol. The van der Waals surface area contributed by atoms with Crippen LogP contribution in [0.2, 0.25) is 5.02 Å². The number of hydrogen-bond donors (Lipinski definition) is 1. The fourth-order valence-corrected chi connectivity index (χ4v) is 5.74. The zero-order valence-corrected chi connectivity index (χ0v) is 19.8. The van der Waals surface area contributed by atoms with Crippen LogP contribution >= 0.6 is 11.6 Å². The van der Waals surface area contributed by atoms with Crippen LogP contribution in [-0.4, -0.2) is 5.11 Å². The van der Waals surface area contributed by atoms with Crippen molar-refractivity contribution in [1.82, 2.24) is 0 Å². The van der Waals surface area contributed by atoms with Gasteiger partial charge in [0.2, 0.25) is 0 Å². The summed E-state index contributed by atoms with van der Waals surface area (Å²) in [6, 6.07) is 18.8. The lowest BCUT2D eigenvalue weighted by atomic mass is 9.54. The Balaban J connectivity index is 1.28. The van der Waals surface area contributed by atoms with Gasteiger partial charge in [-0.05, 0) is 90.4 Å². The number of benzene rings is 2. The van der Waals surface area contributed by atoms with Crippen LogP contribution in [0, 0.1) is 22.7 Å². The molecule has 0 atom stereocenters. The minimum Gasteiger partial charge on any atom is -0.385 e. The lowest BCUT2D eigenvalue weighted by Gasteiger charge is -2.52. The standard InChI is InChI=1S/C28H37ClO/c1-26(2,23-16-21(17-23)20-8-6-5-7-9-20)14-15-27(3,4)24-18-28(30,19-24)22-10-12-25(29)13-11-22/h5-13,21,23-24,30H,14-19H2,1-4H3. The zero-order chi connectivity index (χ0) is 21.6. The Bertz CT molecular complexity index is 840. The van der Waals surface area contributed by atoms with Crippen molar-refractivity contribution in [2.24, 2.45) is 22.7 Å². The lowest BCUT2D eigenvalue weighted by Crippen LogP contribution is -2.47. The molecule has 2 aromatic carbocycles. The number of hydrogen-bond acceptors (Lipinski definition) is 1. The Hall–Kier alpha value is -1.31. The molecule has 2 aromatic rings. The van der Waals surface area contributed by atoms with Crippen LogP contribution in [0.1, 0.15) is 83.3 Å². The van der Waals surface area contributed by atoms with Crippen molar-refractivity contribution in [1.29, 1.82) is 0 Å². The van der Waals surface area contributed by atoms with Crippen molar-refractivity contribution in [2.45, 2.75) is 77.7 Å². The molecule has 0 aliphatic heterocycles. The van der Waals surface area contributed by atoms with E-state index in [4.69, 9.17) is 11.6 Å². The maximum absolute atomic E-state index is 11.1. The molecule has 1 N–H and O–H groups in total. The van der Waals surface area contributed by atoms with Gasteiger partial charge in [0.15, 0.2) is 0 Å². The Kier molecular flexibility index (Phi) is 5.83. The molecule has 2 fully saturated rings. The Morgan fingerprint density at radius 2 is 1.37 bits per heavy atom. The van der Waals surface area contributed by atoms with Gasteiger partial charge in [0.1, 0.15) is 0 Å². The Morgan fingerprint density at radius 3 is 1.93 bits per heavy atom. The largest absolute Gasteiger partial charge is 0.385 e. The second-order valence-corrected chi connectivity index (χ2v) is 11.8. The summed E-state index contributed by atoms with van der Waals surface area (Å²) in [4.78, 5) is 0. The van der Waals surface area contributed by atoms with Gasteiger partial charge in [-0.3, -0.25) is 0 Å².